The van der Waals surface area contributed by atoms with Crippen LogP contribution in [0.15, 0.2) is 4.40 Å². The minimum atomic E-state index is -4.63. The molecule has 0 fully saturated rings. The Morgan fingerprint density at radius 2 is 2.12 bits per heavy atom. The van der Waals surface area contributed by atoms with Gasteiger partial charge >= 0.3 is 10.3 Å². The van der Waals surface area contributed by atoms with Gasteiger partial charge in [-0.1, -0.05) is 4.40 Å². The first-order valence-corrected chi connectivity index (χ1v) is 2.63. The van der Waals surface area contributed by atoms with E-state index in [-0.39, 0.29) is 0 Å². The molecule has 46 valence electrons. The smallest absolute Gasteiger partial charge is 0.210 e. The van der Waals surface area contributed by atoms with Crippen LogP contribution in [-0.4, -0.2) is 14.5 Å². The highest BCUT2D eigenvalue weighted by atomic mass is 32.2. The summed E-state index contributed by atoms with van der Waals surface area (Å²) < 4.78 is 33.9. The van der Waals surface area contributed by atoms with Crippen molar-refractivity contribution in [1.82, 2.24) is 0 Å². The number of hydrogen-bond acceptors (Lipinski definition) is 4. The summed E-state index contributed by atoms with van der Waals surface area (Å²) in [4.78, 5) is 9.06. The van der Waals surface area contributed by atoms with Gasteiger partial charge in [0.05, 0.1) is 0 Å². The highest BCUT2D eigenvalue weighted by molar-refractivity contribution is 7.85. The Bertz CT molecular complexity index is 200. The van der Waals surface area contributed by atoms with Crippen LogP contribution < -0.4 is 0 Å². The summed E-state index contributed by atoms with van der Waals surface area (Å²) in [7, 11) is -4.63. The first kappa shape index (κ1) is 7.22. The fraction of sp³-hybridized carbons (Fsp3) is 0. The van der Waals surface area contributed by atoms with E-state index in [0.717, 1.165) is 0 Å². The molecule has 0 heterocycles. The second kappa shape index (κ2) is 2.51. The zero-order valence-corrected chi connectivity index (χ0v) is 4.18. The summed E-state index contributed by atoms with van der Waals surface area (Å²) in [5, 5.41) is 0. The Hall–Kier alpha value is -0.780. The fourth-order valence-electron chi connectivity index (χ4n) is 0.0597. The summed E-state index contributed by atoms with van der Waals surface area (Å²) in [6, 6.07) is 0. The Kier molecular flexibility index (Phi) is 2.26. The van der Waals surface area contributed by atoms with E-state index in [1.54, 1.807) is 0 Å². The van der Waals surface area contributed by atoms with Crippen LogP contribution in [0.3, 0.4) is 0 Å². The van der Waals surface area contributed by atoms with Crippen molar-refractivity contribution in [2.75, 3.05) is 0 Å². The van der Waals surface area contributed by atoms with Crippen LogP contribution in [0.5, 0.6) is 0 Å². The minimum Gasteiger partial charge on any atom is -0.210 e. The predicted molar refractivity (Wildman–Crippen MR) is 19.2 cm³/mol. The Labute approximate surface area is 43.9 Å². The molecule has 0 N–H and O–H groups in total. The van der Waals surface area contributed by atoms with Gasteiger partial charge < -0.3 is 0 Å². The van der Waals surface area contributed by atoms with Crippen LogP contribution in [0.4, 0.5) is 4.53 Å². The van der Waals surface area contributed by atoms with Gasteiger partial charge in [-0.15, -0.1) is 0 Å². The number of nitrogens with zero attached hydrogens (tertiary/aromatic N) is 1. The SMILES string of the molecule is O=C=NS(=O)(=O)OF. The Balaban J connectivity index is 4.41. The molecule has 0 radical (unpaired) electrons. The van der Waals surface area contributed by atoms with E-state index in [1.807, 2.05) is 4.40 Å². The van der Waals surface area contributed by atoms with E-state index >= 15 is 0 Å². The lowest BCUT2D eigenvalue weighted by molar-refractivity contribution is 0.00307. The Morgan fingerprint density at radius 1 is 1.62 bits per heavy atom. The summed E-state index contributed by atoms with van der Waals surface area (Å²) in [6.45, 7) is 0. The van der Waals surface area contributed by atoms with Crippen molar-refractivity contribution in [2.45, 2.75) is 0 Å². The van der Waals surface area contributed by atoms with Crippen LogP contribution in [-0.2, 0) is 19.5 Å². The quantitative estimate of drug-likeness (QED) is 0.382. The number of hydrogen-bond donors (Lipinski definition) is 0. The molecule has 0 bridgehead atoms. The van der Waals surface area contributed by atoms with Crippen LogP contribution >= 0.6 is 0 Å². The van der Waals surface area contributed by atoms with Gasteiger partial charge in [-0.05, 0) is 8.91 Å². The third-order valence-electron chi connectivity index (χ3n) is 0.229. The van der Waals surface area contributed by atoms with Gasteiger partial charge in [0.25, 0.3) is 6.08 Å². The van der Waals surface area contributed by atoms with Crippen molar-refractivity contribution in [1.29, 1.82) is 0 Å². The van der Waals surface area contributed by atoms with Crippen molar-refractivity contribution in [3.05, 3.63) is 0 Å². The van der Waals surface area contributed by atoms with Gasteiger partial charge in [-0.25, -0.2) is 4.79 Å². The zero-order chi connectivity index (χ0) is 6.62. The third kappa shape index (κ3) is 2.40. The van der Waals surface area contributed by atoms with E-state index in [2.05, 4.69) is 4.39 Å². The van der Waals surface area contributed by atoms with E-state index in [4.69, 9.17) is 4.79 Å². The summed E-state index contributed by atoms with van der Waals surface area (Å²) in [5.74, 6) is 0. The maximum Gasteiger partial charge on any atom is 0.421 e. The van der Waals surface area contributed by atoms with Crippen LogP contribution in [0.25, 0.3) is 0 Å². The maximum absolute atomic E-state index is 10.6. The van der Waals surface area contributed by atoms with Crippen LogP contribution in [0.2, 0.25) is 0 Å². The van der Waals surface area contributed by atoms with Crippen molar-refractivity contribution in [3.8, 4) is 0 Å². The molecule has 0 aromatic carbocycles. The largest absolute Gasteiger partial charge is 0.421 e. The molecule has 0 aliphatic heterocycles. The number of halogens is 1. The second-order valence-corrected chi connectivity index (χ2v) is 1.84. The third-order valence-corrected chi connectivity index (χ3v) is 0.686. The fourth-order valence-corrected chi connectivity index (χ4v) is 0.179. The number of isocyanates is 1. The van der Waals surface area contributed by atoms with Gasteiger partial charge in [0.2, 0.25) is 0 Å². The molecule has 0 rings (SSSR count). The molecule has 7 heteroatoms. The Morgan fingerprint density at radius 3 is 2.25 bits per heavy atom. The lowest BCUT2D eigenvalue weighted by atomic mass is 11.7. The first-order valence-electron chi connectivity index (χ1n) is 1.26. The molecule has 5 nitrogen and oxygen atoms in total. The van der Waals surface area contributed by atoms with Gasteiger partial charge in [0.1, 0.15) is 0 Å². The normalized spacial score (nSPS) is 10.1. The predicted octanol–water partition coefficient (Wildman–Crippen LogP) is -0.532. The van der Waals surface area contributed by atoms with Crippen LogP contribution in [0, 0.1) is 0 Å². The minimum absolute atomic E-state index is 0.581. The molecule has 0 amide bonds. The lowest BCUT2D eigenvalue weighted by Crippen LogP contribution is -1.91. The number of rotatable bonds is 2. The van der Waals surface area contributed by atoms with Crippen molar-refractivity contribution < 1.29 is 22.1 Å². The van der Waals surface area contributed by atoms with E-state index in [0.29, 0.717) is 6.08 Å². The van der Waals surface area contributed by atoms with Gasteiger partial charge in [-0.2, -0.15) is 8.42 Å². The van der Waals surface area contributed by atoms with Crippen LogP contribution in [0.1, 0.15) is 0 Å². The molecule has 8 heavy (non-hydrogen) atoms. The standard InChI is InChI=1S/CFNO4S/c2-7-8(5,6)3-1-4. The summed E-state index contributed by atoms with van der Waals surface area (Å²) in [6.07, 6.45) is 0.581. The van der Waals surface area contributed by atoms with Gasteiger partial charge in [0, 0.05) is 0 Å². The molecule has 0 aliphatic carbocycles. The molecule has 0 aliphatic rings. The second-order valence-electron chi connectivity index (χ2n) is 0.673. The average molecular weight is 141 g/mol. The topological polar surface area (TPSA) is 72.8 Å². The molecule has 0 spiro atoms. The van der Waals surface area contributed by atoms with E-state index < -0.39 is 10.3 Å². The molecule has 0 unspecified atom stereocenters. The molecule has 0 aromatic rings. The molecular weight excluding hydrogens is 141 g/mol. The molecule has 0 saturated heterocycles. The average Bonchev–Trinajstić information content (AvgIpc) is 1.67. The van der Waals surface area contributed by atoms with E-state index in [9.17, 15) is 12.9 Å². The monoisotopic (exact) mass is 141 g/mol. The molecule has 0 atom stereocenters. The first-order chi connectivity index (χ1) is 3.62. The van der Waals surface area contributed by atoms with Crippen molar-refractivity contribution >= 4 is 16.4 Å². The highest BCUT2D eigenvalue weighted by Crippen LogP contribution is 1.90. The molecule has 0 aromatic heterocycles. The molecular formula is CFNO4S. The van der Waals surface area contributed by atoms with Gasteiger partial charge in [-0.3, -0.25) is 0 Å². The van der Waals surface area contributed by atoms with Crippen molar-refractivity contribution in [2.24, 2.45) is 4.40 Å². The highest BCUT2D eigenvalue weighted by Gasteiger charge is 2.05. The maximum atomic E-state index is 10.6. The van der Waals surface area contributed by atoms with Gasteiger partial charge in [0.15, 0.2) is 0 Å². The summed E-state index contributed by atoms with van der Waals surface area (Å²) in [5.41, 5.74) is 0. The lowest BCUT2D eigenvalue weighted by Gasteiger charge is -1.77. The summed E-state index contributed by atoms with van der Waals surface area (Å²) >= 11 is 0. The molecule has 0 saturated carbocycles. The number of carbonyl (C=O) groups excluding carboxylic acids is 1. The van der Waals surface area contributed by atoms with E-state index in [1.165, 1.54) is 0 Å². The zero-order valence-electron chi connectivity index (χ0n) is 3.37. The van der Waals surface area contributed by atoms with Crippen molar-refractivity contribution in [3.63, 3.8) is 0 Å².